The van der Waals surface area contributed by atoms with Crippen LogP contribution in [-0.2, 0) is 28.6 Å². The van der Waals surface area contributed by atoms with Gasteiger partial charge in [-0.15, -0.1) is 0 Å². The van der Waals surface area contributed by atoms with E-state index in [2.05, 4.69) is 27.7 Å². The van der Waals surface area contributed by atoms with Gasteiger partial charge in [0.05, 0.1) is 5.56 Å². The molecule has 4 aliphatic carbocycles. The third-order valence-corrected chi connectivity index (χ3v) is 10.8. The second kappa shape index (κ2) is 8.92. The maximum absolute atomic E-state index is 13.5. The molecular weight excluding hydrogens is 484 g/mol. The second-order valence-electron chi connectivity index (χ2n) is 13.3. The zero-order valence-corrected chi connectivity index (χ0v) is 23.4. The van der Waals surface area contributed by atoms with E-state index in [0.29, 0.717) is 18.4 Å². The third kappa shape index (κ3) is 3.83. The number of hydrogen-bond donors (Lipinski definition) is 0. The molecule has 206 valence electrons. The van der Waals surface area contributed by atoms with Crippen LogP contribution in [-0.4, -0.2) is 42.0 Å². The molecule has 0 unspecified atom stereocenters. The van der Waals surface area contributed by atoms with E-state index in [4.69, 9.17) is 14.2 Å². The van der Waals surface area contributed by atoms with Gasteiger partial charge in [0.25, 0.3) is 0 Å². The lowest BCUT2D eigenvalue weighted by molar-refractivity contribution is -0.289. The van der Waals surface area contributed by atoms with E-state index in [1.54, 1.807) is 24.3 Å². The molecule has 8 atom stereocenters. The molecule has 2 bridgehead atoms. The summed E-state index contributed by atoms with van der Waals surface area (Å²) in [6.45, 7) is 11.4. The first-order valence-electron chi connectivity index (χ1n) is 13.9. The zero-order valence-electron chi connectivity index (χ0n) is 23.4. The van der Waals surface area contributed by atoms with Crippen molar-refractivity contribution < 1.29 is 33.4 Å². The van der Waals surface area contributed by atoms with Gasteiger partial charge >= 0.3 is 17.9 Å². The minimum atomic E-state index is -0.793. The highest BCUT2D eigenvalue weighted by Crippen LogP contribution is 2.76. The van der Waals surface area contributed by atoms with Gasteiger partial charge in [0.1, 0.15) is 24.1 Å². The maximum atomic E-state index is 13.5. The Balaban J connectivity index is 1.71. The fraction of sp³-hybridized carbons (Fsp3) is 0.677. The average molecular weight is 525 g/mol. The molecule has 0 aliphatic heterocycles. The Hall–Kier alpha value is -2.70. The molecule has 7 heteroatoms. The summed E-state index contributed by atoms with van der Waals surface area (Å²) in [6, 6.07) is 8.79. The van der Waals surface area contributed by atoms with Crippen LogP contribution < -0.4 is 0 Å². The monoisotopic (exact) mass is 524 g/mol. The van der Waals surface area contributed by atoms with E-state index >= 15 is 0 Å². The van der Waals surface area contributed by atoms with Crippen LogP contribution in [0.25, 0.3) is 0 Å². The Kier molecular flexibility index (Phi) is 6.31. The quantitative estimate of drug-likeness (QED) is 0.390. The average Bonchev–Trinajstić information content (AvgIpc) is 3.16. The Morgan fingerprint density at radius 1 is 0.842 bits per heavy atom. The number of hydrogen-bond acceptors (Lipinski definition) is 7. The van der Waals surface area contributed by atoms with E-state index in [1.165, 1.54) is 13.8 Å². The summed E-state index contributed by atoms with van der Waals surface area (Å²) in [5.74, 6) is -1.72. The Labute approximate surface area is 225 Å². The summed E-state index contributed by atoms with van der Waals surface area (Å²) in [7, 11) is 0. The van der Waals surface area contributed by atoms with E-state index in [9.17, 15) is 19.2 Å². The second-order valence-corrected chi connectivity index (χ2v) is 13.3. The van der Waals surface area contributed by atoms with Crippen LogP contribution >= 0.6 is 0 Å². The molecule has 0 N–H and O–H groups in total. The predicted octanol–water partition coefficient (Wildman–Crippen LogP) is 5.30. The van der Waals surface area contributed by atoms with Gasteiger partial charge in [0.2, 0.25) is 0 Å². The van der Waals surface area contributed by atoms with Gasteiger partial charge < -0.3 is 14.2 Å². The third-order valence-electron chi connectivity index (χ3n) is 10.8. The lowest BCUT2D eigenvalue weighted by atomic mass is 9.36. The predicted molar refractivity (Wildman–Crippen MR) is 139 cm³/mol. The Morgan fingerprint density at radius 2 is 1.50 bits per heavy atom. The molecule has 1 aromatic carbocycles. The van der Waals surface area contributed by atoms with Crippen molar-refractivity contribution in [3.8, 4) is 0 Å². The van der Waals surface area contributed by atoms with Gasteiger partial charge in [-0.3, -0.25) is 14.4 Å². The lowest BCUT2D eigenvalue weighted by Gasteiger charge is -2.70. The lowest BCUT2D eigenvalue weighted by Crippen LogP contribution is -2.73. The highest BCUT2D eigenvalue weighted by atomic mass is 16.6. The number of benzene rings is 1. The van der Waals surface area contributed by atoms with Gasteiger partial charge in [-0.2, -0.15) is 0 Å². The van der Waals surface area contributed by atoms with Gasteiger partial charge in [0, 0.05) is 42.9 Å². The van der Waals surface area contributed by atoms with Crippen molar-refractivity contribution in [3.63, 3.8) is 0 Å². The first kappa shape index (κ1) is 26.9. The van der Waals surface area contributed by atoms with E-state index in [1.807, 2.05) is 6.07 Å². The molecule has 4 aliphatic rings. The van der Waals surface area contributed by atoms with Crippen LogP contribution in [0.4, 0.5) is 0 Å². The number of carbonyl (C=O) groups excluding carboxylic acids is 4. The fourth-order valence-corrected chi connectivity index (χ4v) is 9.29. The van der Waals surface area contributed by atoms with Crippen LogP contribution in [0.2, 0.25) is 0 Å². The fourth-order valence-electron chi connectivity index (χ4n) is 9.29. The summed E-state index contributed by atoms with van der Waals surface area (Å²) in [5.41, 5.74) is -1.36. The van der Waals surface area contributed by atoms with Crippen LogP contribution in [0.5, 0.6) is 0 Å². The van der Waals surface area contributed by atoms with Crippen molar-refractivity contribution >= 4 is 23.7 Å². The van der Waals surface area contributed by atoms with E-state index < -0.39 is 46.5 Å². The highest BCUT2D eigenvalue weighted by molar-refractivity contribution is 5.89. The van der Waals surface area contributed by atoms with Crippen molar-refractivity contribution in [2.75, 3.05) is 0 Å². The summed E-state index contributed by atoms with van der Waals surface area (Å²) in [4.78, 5) is 52.0. The zero-order chi connectivity index (χ0) is 27.7. The van der Waals surface area contributed by atoms with Crippen LogP contribution in [0.3, 0.4) is 0 Å². The number of ketones is 1. The molecule has 1 spiro atoms. The number of rotatable bonds is 4. The number of fused-ring (bicyclic) bond motifs is 2. The number of carbonyl (C=O) groups is 4. The molecule has 0 radical (unpaired) electrons. The first-order valence-corrected chi connectivity index (χ1v) is 13.9. The van der Waals surface area contributed by atoms with Crippen LogP contribution in [0.15, 0.2) is 30.3 Å². The van der Waals surface area contributed by atoms with Gasteiger partial charge in [0.15, 0.2) is 0 Å². The molecule has 0 heterocycles. The molecule has 0 aromatic heterocycles. The molecule has 1 aromatic rings. The molecular formula is C31H40O7. The summed E-state index contributed by atoms with van der Waals surface area (Å²) >= 11 is 0. The minimum Gasteiger partial charge on any atom is -0.462 e. The smallest absolute Gasteiger partial charge is 0.338 e. The summed E-state index contributed by atoms with van der Waals surface area (Å²) in [6.07, 6.45) is 1.93. The van der Waals surface area contributed by atoms with E-state index in [0.717, 1.165) is 19.3 Å². The topological polar surface area (TPSA) is 96.0 Å². The van der Waals surface area contributed by atoms with Crippen molar-refractivity contribution in [2.45, 2.75) is 98.4 Å². The molecule has 5 rings (SSSR count). The molecule has 7 nitrogen and oxygen atoms in total. The van der Waals surface area contributed by atoms with Crippen LogP contribution in [0, 0.1) is 33.5 Å². The van der Waals surface area contributed by atoms with Crippen molar-refractivity contribution in [2.24, 2.45) is 33.5 Å². The number of esters is 3. The Morgan fingerprint density at radius 3 is 2.13 bits per heavy atom. The van der Waals surface area contributed by atoms with Gasteiger partial charge in [-0.05, 0) is 55.1 Å². The molecule has 4 saturated carbocycles. The van der Waals surface area contributed by atoms with Crippen LogP contribution in [0.1, 0.15) is 90.4 Å². The maximum Gasteiger partial charge on any atom is 0.338 e. The van der Waals surface area contributed by atoms with Gasteiger partial charge in [-0.25, -0.2) is 4.79 Å². The number of Topliss-reactive ketones (excluding diaryl/α,β-unsaturated/α-hetero) is 1. The summed E-state index contributed by atoms with van der Waals surface area (Å²) < 4.78 is 18.5. The van der Waals surface area contributed by atoms with Crippen molar-refractivity contribution in [1.29, 1.82) is 0 Å². The molecule has 0 saturated heterocycles. The van der Waals surface area contributed by atoms with E-state index in [-0.39, 0.29) is 35.4 Å². The molecule has 38 heavy (non-hydrogen) atoms. The SMILES string of the molecule is CC(=O)O[C@@H]1[C@H](OC(=O)c2ccccc2)[C@@H]2C(C)(C)CC[C@H](OC(C)=O)[C@]2(C)[C@@]23CC[C@@](C)(C2)C(=O)C[C@@H]13. The summed E-state index contributed by atoms with van der Waals surface area (Å²) in [5, 5.41) is 0. The minimum absolute atomic E-state index is 0.169. The molecule has 0 amide bonds. The highest BCUT2D eigenvalue weighted by Gasteiger charge is 2.77. The van der Waals surface area contributed by atoms with Crippen molar-refractivity contribution in [1.82, 2.24) is 0 Å². The normalized spacial score (nSPS) is 40.9. The molecule has 4 fully saturated rings. The first-order chi connectivity index (χ1) is 17.7. The Bertz CT molecular complexity index is 1160. The van der Waals surface area contributed by atoms with Crippen molar-refractivity contribution in [3.05, 3.63) is 35.9 Å². The number of ether oxygens (including phenoxy) is 3. The standard InChI is InChI=1S/C31H40O7/c1-18(32)36-23-12-13-28(3,4)26-25(38-27(35)20-10-8-7-9-11-20)24(37-19(2)33)21-16-22(34)29(5)14-15-31(21,17-29)30(23,26)6/h7-11,21,23-26H,12-17H2,1-6H3/t21-,23-,24-,25-,26+,29-,30-,31-/m0/s1. The van der Waals surface area contributed by atoms with Gasteiger partial charge in [-0.1, -0.05) is 45.9 Å². The largest absolute Gasteiger partial charge is 0.462 e.